The van der Waals surface area contributed by atoms with Crippen LogP contribution in [0.1, 0.15) is 32.1 Å². The van der Waals surface area contributed by atoms with Gasteiger partial charge in [0.25, 0.3) is 0 Å². The number of H-pyrrole nitrogens is 2. The Morgan fingerprint density at radius 2 is 1.85 bits per heavy atom. The van der Waals surface area contributed by atoms with Crippen LogP contribution in [0.4, 0.5) is 5.69 Å². The van der Waals surface area contributed by atoms with Crippen molar-refractivity contribution in [1.29, 1.82) is 0 Å². The maximum absolute atomic E-state index is 12.8. The lowest BCUT2D eigenvalue weighted by molar-refractivity contribution is -0.120. The summed E-state index contributed by atoms with van der Waals surface area (Å²) in [7, 11) is 0. The van der Waals surface area contributed by atoms with Crippen LogP contribution in [-0.4, -0.2) is 41.0 Å². The fraction of sp³-hybridized carbons (Fsp3) is 0.200. The van der Waals surface area contributed by atoms with E-state index in [1.165, 1.54) is 6.42 Å². The standard InChI is InChI=1S/C30H26N8O/c39-30(18-6-2-1-3-7-18)34-21-14-20(16-31-17-21)19-9-10-25-23(15-19)27(38-37-25)29-35-26-22(11-13-33-28(26)36-29)24-8-4-5-12-32-24/h4-5,8-18H,1-3,6-7H2,(H,34,39)(H,37,38)(H,33,35,36). The first-order chi connectivity index (χ1) is 19.2. The lowest BCUT2D eigenvalue weighted by Crippen LogP contribution is -2.24. The third kappa shape index (κ3) is 4.41. The summed E-state index contributed by atoms with van der Waals surface area (Å²) in [6.45, 7) is 0. The molecule has 6 aromatic rings. The highest BCUT2D eigenvalue weighted by Crippen LogP contribution is 2.33. The zero-order valence-electron chi connectivity index (χ0n) is 21.2. The Morgan fingerprint density at radius 3 is 2.72 bits per heavy atom. The van der Waals surface area contributed by atoms with Crippen molar-refractivity contribution in [1.82, 2.24) is 35.1 Å². The number of carbonyl (C=O) groups is 1. The molecule has 3 N–H and O–H groups in total. The van der Waals surface area contributed by atoms with Crippen molar-refractivity contribution < 1.29 is 4.79 Å². The topological polar surface area (TPSA) is 125 Å². The molecule has 0 atom stereocenters. The van der Waals surface area contributed by atoms with E-state index in [1.54, 1.807) is 24.8 Å². The molecule has 7 rings (SSSR count). The molecule has 39 heavy (non-hydrogen) atoms. The van der Waals surface area contributed by atoms with E-state index in [-0.39, 0.29) is 11.8 Å². The van der Waals surface area contributed by atoms with Gasteiger partial charge >= 0.3 is 0 Å². The molecule has 9 nitrogen and oxygen atoms in total. The number of fused-ring (bicyclic) bond motifs is 2. The number of pyridine rings is 3. The van der Waals surface area contributed by atoms with Crippen molar-refractivity contribution in [2.75, 3.05) is 5.32 Å². The van der Waals surface area contributed by atoms with Crippen molar-refractivity contribution in [3.63, 3.8) is 0 Å². The van der Waals surface area contributed by atoms with Gasteiger partial charge in [0.2, 0.25) is 5.91 Å². The van der Waals surface area contributed by atoms with Gasteiger partial charge in [0, 0.05) is 41.0 Å². The summed E-state index contributed by atoms with van der Waals surface area (Å²) >= 11 is 0. The summed E-state index contributed by atoms with van der Waals surface area (Å²) in [5, 5.41) is 11.7. The summed E-state index contributed by atoms with van der Waals surface area (Å²) < 4.78 is 0. The number of hydrogen-bond donors (Lipinski definition) is 3. The largest absolute Gasteiger partial charge is 0.335 e. The van der Waals surface area contributed by atoms with Gasteiger partial charge in [-0.05, 0) is 54.8 Å². The molecule has 0 unspecified atom stereocenters. The summed E-state index contributed by atoms with van der Waals surface area (Å²) in [4.78, 5) is 34.3. The Bertz CT molecular complexity index is 1800. The maximum Gasteiger partial charge on any atom is 0.227 e. The quantitative estimate of drug-likeness (QED) is 0.254. The first-order valence-corrected chi connectivity index (χ1v) is 13.2. The second-order valence-corrected chi connectivity index (χ2v) is 9.98. The summed E-state index contributed by atoms with van der Waals surface area (Å²) in [5.41, 5.74) is 7.36. The van der Waals surface area contributed by atoms with Gasteiger partial charge in [0.1, 0.15) is 5.69 Å². The van der Waals surface area contributed by atoms with Crippen LogP contribution in [0.5, 0.6) is 0 Å². The zero-order valence-corrected chi connectivity index (χ0v) is 21.2. The van der Waals surface area contributed by atoms with Crippen LogP contribution in [0.3, 0.4) is 0 Å². The molecule has 5 aromatic heterocycles. The molecule has 5 heterocycles. The molecule has 0 bridgehead atoms. The smallest absolute Gasteiger partial charge is 0.227 e. The third-order valence-electron chi connectivity index (χ3n) is 7.44. The second kappa shape index (κ2) is 9.75. The van der Waals surface area contributed by atoms with E-state index < -0.39 is 0 Å². The first-order valence-electron chi connectivity index (χ1n) is 13.2. The van der Waals surface area contributed by atoms with Crippen LogP contribution in [0, 0.1) is 5.92 Å². The number of nitrogens with one attached hydrogen (secondary N) is 3. The number of anilines is 1. The van der Waals surface area contributed by atoms with Crippen molar-refractivity contribution in [2.24, 2.45) is 5.92 Å². The normalized spacial score (nSPS) is 14.2. The predicted octanol–water partition coefficient (Wildman–Crippen LogP) is 6.14. The number of imidazole rings is 1. The van der Waals surface area contributed by atoms with E-state index in [4.69, 9.17) is 4.98 Å². The average molecular weight is 515 g/mol. The number of benzene rings is 1. The van der Waals surface area contributed by atoms with Crippen molar-refractivity contribution >= 4 is 33.7 Å². The van der Waals surface area contributed by atoms with Gasteiger partial charge in [0.05, 0.1) is 28.6 Å². The van der Waals surface area contributed by atoms with Gasteiger partial charge in [0.15, 0.2) is 11.5 Å². The minimum Gasteiger partial charge on any atom is -0.335 e. The molecule has 1 aliphatic rings. The third-order valence-corrected chi connectivity index (χ3v) is 7.44. The Hall–Kier alpha value is -4.92. The molecular formula is C30H26N8O. The SMILES string of the molecule is O=C(Nc1cncc(-c2ccc3[nH]nc(-c4nc5nccc(-c6ccccn6)c5[nH]4)c3c2)c1)C1CCCCC1. The fourth-order valence-electron chi connectivity index (χ4n) is 5.41. The molecule has 192 valence electrons. The maximum atomic E-state index is 12.8. The summed E-state index contributed by atoms with van der Waals surface area (Å²) in [6, 6.07) is 15.8. The van der Waals surface area contributed by atoms with E-state index in [1.807, 2.05) is 42.5 Å². The summed E-state index contributed by atoms with van der Waals surface area (Å²) in [5.74, 6) is 0.796. The van der Waals surface area contributed by atoms with Crippen LogP contribution >= 0.6 is 0 Å². The predicted molar refractivity (Wildman–Crippen MR) is 151 cm³/mol. The van der Waals surface area contributed by atoms with E-state index in [2.05, 4.69) is 41.5 Å². The Labute approximate surface area is 224 Å². The molecule has 1 saturated carbocycles. The number of aromatic nitrogens is 7. The number of amides is 1. The van der Waals surface area contributed by atoms with Crippen LogP contribution in [0.2, 0.25) is 0 Å². The van der Waals surface area contributed by atoms with Crippen molar-refractivity contribution in [3.05, 3.63) is 73.3 Å². The molecule has 0 spiro atoms. The Kier molecular flexibility index (Phi) is 5.81. The van der Waals surface area contributed by atoms with E-state index >= 15 is 0 Å². The van der Waals surface area contributed by atoms with Gasteiger partial charge in [-0.3, -0.25) is 19.9 Å². The van der Waals surface area contributed by atoms with E-state index in [0.29, 0.717) is 22.9 Å². The lowest BCUT2D eigenvalue weighted by Gasteiger charge is -2.20. The highest BCUT2D eigenvalue weighted by molar-refractivity contribution is 5.97. The number of hydrogen-bond acceptors (Lipinski definition) is 6. The molecular weight excluding hydrogens is 488 g/mol. The fourth-order valence-corrected chi connectivity index (χ4v) is 5.41. The van der Waals surface area contributed by atoms with Gasteiger partial charge < -0.3 is 10.3 Å². The number of rotatable bonds is 5. The van der Waals surface area contributed by atoms with Gasteiger partial charge in [-0.2, -0.15) is 5.10 Å². The number of aromatic amines is 2. The van der Waals surface area contributed by atoms with Gasteiger partial charge in [-0.15, -0.1) is 0 Å². The van der Waals surface area contributed by atoms with Crippen LogP contribution in [0.25, 0.3) is 56.0 Å². The van der Waals surface area contributed by atoms with Crippen molar-refractivity contribution in [3.8, 4) is 33.9 Å². The first kappa shape index (κ1) is 23.2. The summed E-state index contributed by atoms with van der Waals surface area (Å²) in [6.07, 6.45) is 12.4. The van der Waals surface area contributed by atoms with Gasteiger partial charge in [-0.25, -0.2) is 9.97 Å². The number of nitrogens with zero attached hydrogens (tertiary/aromatic N) is 5. The lowest BCUT2D eigenvalue weighted by atomic mass is 9.88. The Balaban J connectivity index is 1.23. The van der Waals surface area contributed by atoms with Crippen LogP contribution < -0.4 is 5.32 Å². The van der Waals surface area contributed by atoms with Gasteiger partial charge in [-0.1, -0.05) is 31.4 Å². The van der Waals surface area contributed by atoms with Crippen LogP contribution in [-0.2, 0) is 4.79 Å². The molecule has 1 aliphatic carbocycles. The monoisotopic (exact) mass is 514 g/mol. The minimum atomic E-state index is 0.0868. The highest BCUT2D eigenvalue weighted by atomic mass is 16.1. The molecule has 0 aliphatic heterocycles. The molecule has 0 radical (unpaired) electrons. The Morgan fingerprint density at radius 1 is 0.923 bits per heavy atom. The highest BCUT2D eigenvalue weighted by Gasteiger charge is 2.21. The van der Waals surface area contributed by atoms with E-state index in [9.17, 15) is 4.79 Å². The minimum absolute atomic E-state index is 0.0868. The second-order valence-electron chi connectivity index (χ2n) is 9.98. The number of carbonyl (C=O) groups excluding carboxylic acids is 1. The van der Waals surface area contributed by atoms with E-state index in [0.717, 1.165) is 64.5 Å². The molecule has 1 amide bonds. The average Bonchev–Trinajstić information content (AvgIpc) is 3.62. The van der Waals surface area contributed by atoms with Crippen molar-refractivity contribution in [2.45, 2.75) is 32.1 Å². The molecule has 9 heteroatoms. The zero-order chi connectivity index (χ0) is 26.2. The molecule has 0 saturated heterocycles. The molecule has 1 aromatic carbocycles. The molecule has 1 fully saturated rings. The van der Waals surface area contributed by atoms with Crippen LogP contribution in [0.15, 0.2) is 73.3 Å².